The maximum absolute atomic E-state index is 16.6. The molecule has 246 valence electrons. The van der Waals surface area contributed by atoms with Crippen molar-refractivity contribution >= 4 is 41.6 Å². The maximum Gasteiger partial charge on any atom is 0.318 e. The summed E-state index contributed by atoms with van der Waals surface area (Å²) in [7, 11) is -2.47. The van der Waals surface area contributed by atoms with Gasteiger partial charge in [-0.15, -0.1) is 0 Å². The van der Waals surface area contributed by atoms with E-state index >= 15 is 8.78 Å². The minimum absolute atomic E-state index is 0.0284. The van der Waals surface area contributed by atoms with E-state index in [4.69, 9.17) is 20.8 Å². The lowest BCUT2D eigenvalue weighted by atomic mass is 9.95. The van der Waals surface area contributed by atoms with Gasteiger partial charge in [0.15, 0.2) is 17.5 Å². The Labute approximate surface area is 272 Å². The van der Waals surface area contributed by atoms with E-state index in [-0.39, 0.29) is 61.9 Å². The minimum atomic E-state index is -2.47. The van der Waals surface area contributed by atoms with Crippen LogP contribution in [0.3, 0.4) is 0 Å². The van der Waals surface area contributed by atoms with Crippen molar-refractivity contribution in [3.05, 3.63) is 53.1 Å². The molecule has 46 heavy (non-hydrogen) atoms. The molecule has 2 saturated heterocycles. The first-order chi connectivity index (χ1) is 21.8. The molecule has 12 heteroatoms. The van der Waals surface area contributed by atoms with Crippen molar-refractivity contribution in [2.45, 2.75) is 89.1 Å². The van der Waals surface area contributed by atoms with Crippen LogP contribution in [0.25, 0.3) is 32.9 Å². The van der Waals surface area contributed by atoms with Gasteiger partial charge in [0, 0.05) is 30.1 Å². The predicted molar refractivity (Wildman–Crippen MR) is 175 cm³/mol. The van der Waals surface area contributed by atoms with Gasteiger partial charge >= 0.3 is 6.01 Å². The van der Waals surface area contributed by atoms with Crippen molar-refractivity contribution in [1.29, 1.82) is 0 Å². The number of benzene rings is 2. The van der Waals surface area contributed by atoms with Crippen LogP contribution in [0.4, 0.5) is 17.6 Å². The molecule has 0 amide bonds. The average Bonchev–Trinajstić information content (AvgIpc) is 3.52. The van der Waals surface area contributed by atoms with E-state index in [0.717, 1.165) is 25.5 Å². The van der Waals surface area contributed by atoms with Crippen molar-refractivity contribution in [2.24, 2.45) is 0 Å². The van der Waals surface area contributed by atoms with Crippen LogP contribution in [-0.4, -0.2) is 59.6 Å². The lowest BCUT2D eigenvalue weighted by Gasteiger charge is -2.42. The molecule has 0 bridgehead atoms. The highest BCUT2D eigenvalue weighted by Gasteiger charge is 2.50. The smallest absolute Gasteiger partial charge is 0.318 e. The van der Waals surface area contributed by atoms with Crippen LogP contribution in [0.2, 0.25) is 21.8 Å². The zero-order valence-electron chi connectivity index (χ0n) is 26.9. The van der Waals surface area contributed by atoms with Crippen LogP contribution >= 0.6 is 11.6 Å². The number of hydrogen-bond acceptors (Lipinski definition) is 6. The van der Waals surface area contributed by atoms with Crippen molar-refractivity contribution in [3.8, 4) is 23.0 Å². The number of fused-ring (bicyclic) bond motifs is 3. The first-order valence-corrected chi connectivity index (χ1v) is 18.4. The van der Waals surface area contributed by atoms with Crippen molar-refractivity contribution < 1.29 is 26.7 Å². The average molecular weight is 675 g/mol. The summed E-state index contributed by atoms with van der Waals surface area (Å²) >= 11 is 6.46. The SMILES string of the molecule is CC(C)[Si](Oc1cc(-c2ncc3c(Cl)nc(OC[C@@]45CCCN4C[C@H](F)C5)nc3c2F)c2c(F)c(F)ccc2c1)(C(C)C)C(C)C. The van der Waals surface area contributed by atoms with Crippen LogP contribution in [0.15, 0.2) is 30.5 Å². The fourth-order valence-electron chi connectivity index (χ4n) is 8.07. The topological polar surface area (TPSA) is 60.4 Å². The summed E-state index contributed by atoms with van der Waals surface area (Å²) in [4.78, 5) is 15.0. The second-order valence-corrected chi connectivity index (χ2v) is 19.4. The fraction of sp³-hybridized carbons (Fsp3) is 0.500. The molecular weight excluding hydrogens is 636 g/mol. The summed E-state index contributed by atoms with van der Waals surface area (Å²) in [6.45, 7) is 14.1. The van der Waals surface area contributed by atoms with Crippen molar-refractivity contribution in [3.63, 3.8) is 0 Å². The molecule has 0 spiro atoms. The van der Waals surface area contributed by atoms with Gasteiger partial charge in [0.2, 0.25) is 0 Å². The molecule has 2 aliphatic rings. The Hall–Kier alpha value is -3.02. The highest BCUT2D eigenvalue weighted by molar-refractivity contribution is 6.78. The summed E-state index contributed by atoms with van der Waals surface area (Å²) in [6, 6.07) is 5.56. The molecule has 2 fully saturated rings. The Balaban J connectivity index is 1.47. The molecule has 2 atom stereocenters. The molecule has 2 aromatic heterocycles. The standard InChI is InChI=1S/C34H39ClF4N4O2Si/c1-18(2)46(19(3)4,20(5)6)45-23-12-21-8-9-26(37)28(38)27(21)24(13-23)30-29(39)31-25(15-40-30)32(35)42-33(41-31)44-17-34-10-7-11-43(34)16-22(36)14-34/h8-9,12-13,15,18-20,22H,7,10-11,14,16-17H2,1-6H3/t22-,34+/m1/s1. The third-order valence-electron chi connectivity index (χ3n) is 10.1. The van der Waals surface area contributed by atoms with Crippen LogP contribution in [0, 0.1) is 17.5 Å². The number of halogens is 5. The molecule has 6 rings (SSSR count). The molecule has 0 N–H and O–H groups in total. The molecule has 6 nitrogen and oxygen atoms in total. The Morgan fingerprint density at radius 1 is 1.02 bits per heavy atom. The van der Waals surface area contributed by atoms with Gasteiger partial charge in [0.05, 0.1) is 10.9 Å². The second kappa shape index (κ2) is 12.2. The Morgan fingerprint density at radius 3 is 2.43 bits per heavy atom. The summed E-state index contributed by atoms with van der Waals surface area (Å²) < 4.78 is 73.8. The van der Waals surface area contributed by atoms with E-state index in [9.17, 15) is 8.78 Å². The van der Waals surface area contributed by atoms with Crippen LogP contribution in [0.5, 0.6) is 11.8 Å². The zero-order valence-corrected chi connectivity index (χ0v) is 28.7. The van der Waals surface area contributed by atoms with Crippen LogP contribution in [-0.2, 0) is 0 Å². The maximum atomic E-state index is 16.6. The highest BCUT2D eigenvalue weighted by atomic mass is 35.5. The third-order valence-corrected chi connectivity index (χ3v) is 16.4. The van der Waals surface area contributed by atoms with Crippen molar-refractivity contribution in [2.75, 3.05) is 19.7 Å². The number of alkyl halides is 1. The number of nitrogens with zero attached hydrogens (tertiary/aromatic N) is 4. The molecule has 2 aliphatic heterocycles. The van der Waals surface area contributed by atoms with E-state index in [1.807, 2.05) is 0 Å². The van der Waals surface area contributed by atoms with Crippen LogP contribution in [0.1, 0.15) is 60.8 Å². The number of aromatic nitrogens is 3. The van der Waals surface area contributed by atoms with E-state index in [2.05, 4.69) is 61.4 Å². The number of hydrogen-bond donors (Lipinski definition) is 0. The normalized spacial score (nSPS) is 20.5. The Kier molecular flexibility index (Phi) is 8.73. The van der Waals surface area contributed by atoms with E-state index in [1.54, 1.807) is 12.1 Å². The third kappa shape index (κ3) is 5.41. The van der Waals surface area contributed by atoms with Crippen molar-refractivity contribution in [1.82, 2.24) is 19.9 Å². The minimum Gasteiger partial charge on any atom is -0.543 e. The fourth-order valence-corrected chi connectivity index (χ4v) is 13.5. The lowest BCUT2D eigenvalue weighted by molar-refractivity contribution is 0.107. The Morgan fingerprint density at radius 2 is 1.74 bits per heavy atom. The molecule has 0 unspecified atom stereocenters. The summed E-state index contributed by atoms with van der Waals surface area (Å²) in [5.41, 5.74) is -0.146. The molecule has 4 heterocycles. The predicted octanol–water partition coefficient (Wildman–Crippen LogP) is 9.43. The van der Waals surface area contributed by atoms with Gasteiger partial charge in [-0.05, 0) is 59.6 Å². The van der Waals surface area contributed by atoms with Gasteiger partial charge in [0.1, 0.15) is 34.9 Å². The molecule has 2 aromatic carbocycles. The molecule has 4 aromatic rings. The lowest BCUT2D eigenvalue weighted by Crippen LogP contribution is -2.50. The largest absolute Gasteiger partial charge is 0.543 e. The van der Waals surface area contributed by atoms with Gasteiger partial charge in [-0.1, -0.05) is 59.2 Å². The zero-order chi connectivity index (χ0) is 33.1. The first-order valence-electron chi connectivity index (χ1n) is 15.9. The molecule has 0 radical (unpaired) electrons. The van der Waals surface area contributed by atoms with Gasteiger partial charge in [0.25, 0.3) is 8.32 Å². The second-order valence-electron chi connectivity index (χ2n) is 13.7. The van der Waals surface area contributed by atoms with Gasteiger partial charge in [-0.2, -0.15) is 9.97 Å². The Bertz CT molecular complexity index is 1790. The van der Waals surface area contributed by atoms with E-state index in [0.29, 0.717) is 24.1 Å². The monoisotopic (exact) mass is 674 g/mol. The first kappa shape index (κ1) is 32.9. The van der Waals surface area contributed by atoms with Gasteiger partial charge < -0.3 is 9.16 Å². The highest BCUT2D eigenvalue weighted by Crippen LogP contribution is 2.45. The van der Waals surface area contributed by atoms with E-state index < -0.39 is 37.5 Å². The number of ether oxygens (including phenoxy) is 1. The van der Waals surface area contributed by atoms with Crippen LogP contribution < -0.4 is 9.16 Å². The van der Waals surface area contributed by atoms with Gasteiger partial charge in [-0.25, -0.2) is 17.6 Å². The summed E-state index contributed by atoms with van der Waals surface area (Å²) in [6.07, 6.45) is 2.43. The quantitative estimate of drug-likeness (QED) is 0.100. The molecule has 0 aliphatic carbocycles. The van der Waals surface area contributed by atoms with E-state index in [1.165, 1.54) is 12.3 Å². The summed E-state index contributed by atoms with van der Waals surface area (Å²) in [5, 5.41) is 0.284. The van der Waals surface area contributed by atoms with Gasteiger partial charge in [-0.3, -0.25) is 9.88 Å². The summed E-state index contributed by atoms with van der Waals surface area (Å²) in [5.74, 6) is -2.64. The number of rotatable bonds is 9. The molecular formula is C34H39ClF4N4O2Si. The number of pyridine rings is 1. The molecule has 0 saturated carbocycles.